The number of hydrogen-bond acceptors (Lipinski definition) is 5. The zero-order valence-corrected chi connectivity index (χ0v) is 14.3. The van der Waals surface area contributed by atoms with Crippen molar-refractivity contribution in [1.82, 2.24) is 15.5 Å². The first-order valence-electron chi connectivity index (χ1n) is 7.93. The minimum atomic E-state index is -0.412. The second kappa shape index (κ2) is 7.17. The average molecular weight is 337 g/mol. The highest BCUT2D eigenvalue weighted by Gasteiger charge is 2.19. The number of para-hydroxylation sites is 1. The molecule has 0 bridgehead atoms. The predicted octanol–water partition coefficient (Wildman–Crippen LogP) is 3.54. The zero-order chi connectivity index (χ0) is 17.8. The molecule has 0 aliphatic heterocycles. The molecule has 0 saturated carbocycles. The maximum absolute atomic E-state index is 12.3. The molecule has 0 saturated heterocycles. The van der Waals surface area contributed by atoms with Crippen LogP contribution in [0, 0.1) is 6.92 Å². The van der Waals surface area contributed by atoms with E-state index in [1.165, 1.54) is 0 Å². The molecular formula is C19H19N3O3. The van der Waals surface area contributed by atoms with Crippen LogP contribution >= 0.6 is 0 Å². The Labute approximate surface area is 145 Å². The summed E-state index contributed by atoms with van der Waals surface area (Å²) in [5.41, 5.74) is 2.42. The van der Waals surface area contributed by atoms with Crippen molar-refractivity contribution in [3.8, 4) is 17.1 Å². The van der Waals surface area contributed by atoms with Crippen LogP contribution < -0.4 is 10.1 Å². The highest BCUT2D eigenvalue weighted by molar-refractivity contribution is 5.94. The van der Waals surface area contributed by atoms with Crippen molar-refractivity contribution in [2.75, 3.05) is 7.11 Å². The lowest BCUT2D eigenvalue weighted by atomic mass is 10.1. The number of carbonyl (C=O) groups excluding carboxylic acids is 1. The third-order valence-electron chi connectivity index (χ3n) is 3.82. The second-order valence-corrected chi connectivity index (χ2v) is 5.72. The van der Waals surface area contributed by atoms with Crippen molar-refractivity contribution in [3.63, 3.8) is 0 Å². The monoisotopic (exact) mass is 337 g/mol. The highest BCUT2D eigenvalue weighted by atomic mass is 16.5. The number of methoxy groups -OCH3 is 1. The molecule has 0 fully saturated rings. The zero-order valence-electron chi connectivity index (χ0n) is 14.3. The minimum absolute atomic E-state index is 0.190. The topological polar surface area (TPSA) is 77.3 Å². The molecule has 1 aromatic heterocycles. The molecular weight excluding hydrogens is 318 g/mol. The van der Waals surface area contributed by atoms with Crippen LogP contribution in [0.4, 0.5) is 0 Å². The van der Waals surface area contributed by atoms with Crippen molar-refractivity contribution in [1.29, 1.82) is 0 Å². The number of aromatic nitrogens is 2. The molecule has 0 radical (unpaired) electrons. The molecule has 1 N–H and O–H groups in total. The van der Waals surface area contributed by atoms with Crippen molar-refractivity contribution < 1.29 is 14.1 Å². The molecule has 6 nitrogen and oxygen atoms in total. The molecule has 25 heavy (non-hydrogen) atoms. The Bertz CT molecular complexity index is 872. The van der Waals surface area contributed by atoms with Gasteiger partial charge in [0, 0.05) is 5.56 Å². The molecule has 0 unspecified atom stereocenters. The third-order valence-corrected chi connectivity index (χ3v) is 3.82. The van der Waals surface area contributed by atoms with Crippen LogP contribution in [-0.4, -0.2) is 23.2 Å². The van der Waals surface area contributed by atoms with Crippen molar-refractivity contribution in [2.24, 2.45) is 0 Å². The van der Waals surface area contributed by atoms with E-state index in [0.29, 0.717) is 23.0 Å². The van der Waals surface area contributed by atoms with E-state index < -0.39 is 6.04 Å². The summed E-state index contributed by atoms with van der Waals surface area (Å²) in [5, 5.41) is 6.85. The lowest BCUT2D eigenvalue weighted by molar-refractivity contribution is 0.0932. The summed E-state index contributed by atoms with van der Waals surface area (Å²) in [6, 6.07) is 14.4. The van der Waals surface area contributed by atoms with Gasteiger partial charge in [0.2, 0.25) is 11.7 Å². The number of benzene rings is 2. The van der Waals surface area contributed by atoms with Gasteiger partial charge in [0.25, 0.3) is 5.91 Å². The molecule has 3 rings (SSSR count). The van der Waals surface area contributed by atoms with Gasteiger partial charge in [-0.25, -0.2) is 0 Å². The van der Waals surface area contributed by atoms with Crippen molar-refractivity contribution in [2.45, 2.75) is 19.9 Å². The Morgan fingerprint density at radius 1 is 1.16 bits per heavy atom. The summed E-state index contributed by atoms with van der Waals surface area (Å²) in [6.07, 6.45) is 0. The normalized spacial score (nSPS) is 11.8. The summed E-state index contributed by atoms with van der Waals surface area (Å²) in [5.74, 6) is 1.22. The lowest BCUT2D eigenvalue weighted by Crippen LogP contribution is -2.26. The summed E-state index contributed by atoms with van der Waals surface area (Å²) >= 11 is 0. The lowest BCUT2D eigenvalue weighted by Gasteiger charge is -2.09. The van der Waals surface area contributed by atoms with Crippen molar-refractivity contribution in [3.05, 3.63) is 65.5 Å². The van der Waals surface area contributed by atoms with E-state index in [-0.39, 0.29) is 5.91 Å². The van der Waals surface area contributed by atoms with Gasteiger partial charge in [0.1, 0.15) is 11.8 Å². The third kappa shape index (κ3) is 3.68. The predicted molar refractivity (Wildman–Crippen MR) is 93.3 cm³/mol. The van der Waals surface area contributed by atoms with Crippen LogP contribution in [0.25, 0.3) is 11.4 Å². The number of carbonyl (C=O) groups is 1. The van der Waals surface area contributed by atoms with Gasteiger partial charge in [-0.1, -0.05) is 35.0 Å². The van der Waals surface area contributed by atoms with Crippen LogP contribution in [0.1, 0.15) is 34.8 Å². The van der Waals surface area contributed by atoms with Crippen LogP contribution in [0.15, 0.2) is 53.1 Å². The number of hydrogen-bond donors (Lipinski definition) is 1. The molecule has 1 heterocycles. The Morgan fingerprint density at radius 3 is 2.60 bits per heavy atom. The van der Waals surface area contributed by atoms with E-state index in [9.17, 15) is 4.79 Å². The van der Waals surface area contributed by atoms with Gasteiger partial charge in [-0.15, -0.1) is 0 Å². The Morgan fingerprint density at radius 2 is 1.88 bits per heavy atom. The number of amides is 1. The largest absolute Gasteiger partial charge is 0.496 e. The molecule has 0 aliphatic rings. The SMILES string of the molecule is COc1ccccc1-c1noc([C@H](C)NC(=O)c2ccc(C)cc2)n1. The fraction of sp³-hybridized carbons (Fsp3) is 0.211. The summed E-state index contributed by atoms with van der Waals surface area (Å²) in [4.78, 5) is 16.7. The summed E-state index contributed by atoms with van der Waals surface area (Å²) in [7, 11) is 1.59. The van der Waals surface area contributed by atoms with Crippen LogP contribution in [0.3, 0.4) is 0 Å². The minimum Gasteiger partial charge on any atom is -0.496 e. The van der Waals surface area contributed by atoms with E-state index in [4.69, 9.17) is 9.26 Å². The second-order valence-electron chi connectivity index (χ2n) is 5.72. The number of rotatable bonds is 5. The fourth-order valence-corrected chi connectivity index (χ4v) is 2.40. The molecule has 3 aromatic rings. The van der Waals surface area contributed by atoms with Gasteiger partial charge in [0.15, 0.2) is 0 Å². The van der Waals surface area contributed by atoms with Gasteiger partial charge in [-0.2, -0.15) is 4.98 Å². The number of ether oxygens (including phenoxy) is 1. The van der Waals surface area contributed by atoms with Crippen molar-refractivity contribution >= 4 is 5.91 Å². The molecule has 0 aliphatic carbocycles. The Balaban J connectivity index is 1.75. The van der Waals surface area contributed by atoms with Crippen LogP contribution in [-0.2, 0) is 0 Å². The van der Waals surface area contributed by atoms with E-state index in [1.54, 1.807) is 26.2 Å². The fourth-order valence-electron chi connectivity index (χ4n) is 2.40. The Kier molecular flexibility index (Phi) is 4.79. The summed E-state index contributed by atoms with van der Waals surface area (Å²) < 4.78 is 10.6. The van der Waals surface area contributed by atoms with Gasteiger partial charge in [0.05, 0.1) is 12.7 Å². The molecule has 128 valence electrons. The van der Waals surface area contributed by atoms with E-state index in [2.05, 4.69) is 15.5 Å². The first-order valence-corrected chi connectivity index (χ1v) is 7.93. The van der Waals surface area contributed by atoms with E-state index >= 15 is 0 Å². The first kappa shape index (κ1) is 16.7. The van der Waals surface area contributed by atoms with Crippen LogP contribution in [0.5, 0.6) is 5.75 Å². The quantitative estimate of drug-likeness (QED) is 0.770. The number of nitrogens with zero attached hydrogens (tertiary/aromatic N) is 2. The van der Waals surface area contributed by atoms with Crippen LogP contribution in [0.2, 0.25) is 0 Å². The van der Waals surface area contributed by atoms with E-state index in [1.807, 2.05) is 43.3 Å². The van der Waals surface area contributed by atoms with E-state index in [0.717, 1.165) is 11.1 Å². The molecule has 1 amide bonds. The van der Waals surface area contributed by atoms with Gasteiger partial charge in [-0.05, 0) is 38.1 Å². The first-order chi connectivity index (χ1) is 12.1. The molecule has 0 spiro atoms. The molecule has 1 atom stereocenters. The average Bonchev–Trinajstić information content (AvgIpc) is 3.12. The smallest absolute Gasteiger partial charge is 0.251 e. The number of nitrogens with one attached hydrogen (secondary N) is 1. The highest BCUT2D eigenvalue weighted by Crippen LogP contribution is 2.28. The number of aryl methyl sites for hydroxylation is 1. The molecule has 2 aromatic carbocycles. The molecule has 6 heteroatoms. The summed E-state index contributed by atoms with van der Waals surface area (Å²) in [6.45, 7) is 3.77. The maximum atomic E-state index is 12.3. The van der Waals surface area contributed by atoms with Gasteiger partial charge >= 0.3 is 0 Å². The van der Waals surface area contributed by atoms with Gasteiger partial charge < -0.3 is 14.6 Å². The van der Waals surface area contributed by atoms with Gasteiger partial charge in [-0.3, -0.25) is 4.79 Å². The maximum Gasteiger partial charge on any atom is 0.251 e. The Hall–Kier alpha value is -3.15. The standard InChI is InChI=1S/C19H19N3O3/c1-12-8-10-14(11-9-12)18(23)20-13(2)19-21-17(22-25-19)15-6-4-5-7-16(15)24-3/h4-11,13H,1-3H3,(H,20,23)/t13-/m0/s1.